The van der Waals surface area contributed by atoms with E-state index in [-0.39, 0.29) is 0 Å². The first-order valence-electron chi connectivity index (χ1n) is 8.54. The molecule has 0 aromatic carbocycles. The molecule has 0 aliphatic rings. The Morgan fingerprint density at radius 1 is 1.19 bits per heavy atom. The maximum Gasteiger partial charge on any atom is 0.0547 e. The number of pyridine rings is 1. The van der Waals surface area contributed by atoms with Gasteiger partial charge in [0.2, 0.25) is 0 Å². The van der Waals surface area contributed by atoms with Crippen LogP contribution in [0.1, 0.15) is 57.3 Å². The van der Waals surface area contributed by atoms with Gasteiger partial charge in [0.25, 0.3) is 0 Å². The molecular formula is C18H33N3. The monoisotopic (exact) mass is 291 g/mol. The first-order valence-corrected chi connectivity index (χ1v) is 8.54. The van der Waals surface area contributed by atoms with Crippen LogP contribution in [0.3, 0.4) is 0 Å². The van der Waals surface area contributed by atoms with Crippen LogP contribution in [0.2, 0.25) is 0 Å². The van der Waals surface area contributed by atoms with Gasteiger partial charge in [-0.25, -0.2) is 0 Å². The van der Waals surface area contributed by atoms with Crippen LogP contribution < -0.4 is 5.73 Å². The minimum absolute atomic E-state index is 0.816. The van der Waals surface area contributed by atoms with Crippen LogP contribution in [0, 0.1) is 12.8 Å². The van der Waals surface area contributed by atoms with Crippen LogP contribution in [0.15, 0.2) is 18.2 Å². The smallest absolute Gasteiger partial charge is 0.0547 e. The van der Waals surface area contributed by atoms with E-state index in [9.17, 15) is 0 Å². The van der Waals surface area contributed by atoms with Gasteiger partial charge in [0, 0.05) is 12.2 Å². The minimum atomic E-state index is 0.816. The van der Waals surface area contributed by atoms with E-state index in [2.05, 4.69) is 48.9 Å². The van der Waals surface area contributed by atoms with E-state index >= 15 is 0 Å². The normalized spacial score (nSPS) is 12.8. The Morgan fingerprint density at radius 3 is 2.62 bits per heavy atom. The molecule has 1 aromatic rings. The van der Waals surface area contributed by atoms with Crippen LogP contribution in [-0.4, -0.2) is 29.5 Å². The SMILES string of the molecule is CCCC(CCN)CCCN(CC)Cc1cccc(C)n1. The molecule has 0 radical (unpaired) electrons. The van der Waals surface area contributed by atoms with Crippen molar-refractivity contribution in [3.8, 4) is 0 Å². The molecule has 1 rings (SSSR count). The highest BCUT2D eigenvalue weighted by atomic mass is 15.1. The average molecular weight is 291 g/mol. The van der Waals surface area contributed by atoms with E-state index in [4.69, 9.17) is 5.73 Å². The third-order valence-corrected chi connectivity index (χ3v) is 4.14. The van der Waals surface area contributed by atoms with Crippen LogP contribution in [0.25, 0.3) is 0 Å². The van der Waals surface area contributed by atoms with Crippen molar-refractivity contribution in [2.24, 2.45) is 11.7 Å². The summed E-state index contributed by atoms with van der Waals surface area (Å²) in [6, 6.07) is 6.29. The van der Waals surface area contributed by atoms with Crippen molar-refractivity contribution in [3.63, 3.8) is 0 Å². The van der Waals surface area contributed by atoms with E-state index in [1.165, 1.54) is 37.8 Å². The summed E-state index contributed by atoms with van der Waals surface area (Å²) in [5.41, 5.74) is 8.01. The lowest BCUT2D eigenvalue weighted by molar-refractivity contribution is 0.258. The molecule has 2 N–H and O–H groups in total. The van der Waals surface area contributed by atoms with Gasteiger partial charge in [-0.05, 0) is 63.9 Å². The molecule has 3 heteroatoms. The molecule has 3 nitrogen and oxygen atoms in total. The molecular weight excluding hydrogens is 258 g/mol. The highest BCUT2D eigenvalue weighted by Gasteiger charge is 2.09. The quantitative estimate of drug-likeness (QED) is 0.675. The number of aryl methyl sites for hydroxylation is 1. The van der Waals surface area contributed by atoms with Crippen molar-refractivity contribution < 1.29 is 0 Å². The summed E-state index contributed by atoms with van der Waals surface area (Å²) in [6.45, 7) is 10.6. The zero-order valence-electron chi connectivity index (χ0n) is 14.1. The fourth-order valence-electron chi connectivity index (χ4n) is 2.95. The van der Waals surface area contributed by atoms with Crippen LogP contribution in [0.4, 0.5) is 0 Å². The molecule has 1 aromatic heterocycles. The van der Waals surface area contributed by atoms with Crippen molar-refractivity contribution >= 4 is 0 Å². The standard InChI is InChI=1S/C18H33N3/c1-4-8-17(12-13-19)10-7-14-21(5-2)15-18-11-6-9-16(3)20-18/h6,9,11,17H,4-5,7-8,10,12-15,19H2,1-3H3. The predicted molar refractivity (Wildman–Crippen MR) is 91.2 cm³/mol. The number of aromatic nitrogens is 1. The Bertz CT molecular complexity index is 372. The van der Waals surface area contributed by atoms with Crippen molar-refractivity contribution in [1.29, 1.82) is 0 Å². The second kappa shape index (κ2) is 10.7. The number of nitrogens with two attached hydrogens (primary N) is 1. The van der Waals surface area contributed by atoms with Gasteiger partial charge in [0.15, 0.2) is 0 Å². The second-order valence-corrected chi connectivity index (χ2v) is 6.01. The van der Waals surface area contributed by atoms with Crippen molar-refractivity contribution in [3.05, 3.63) is 29.6 Å². The van der Waals surface area contributed by atoms with Gasteiger partial charge in [-0.2, -0.15) is 0 Å². The predicted octanol–water partition coefficient (Wildman–Crippen LogP) is 3.76. The first-order chi connectivity index (χ1) is 10.2. The molecule has 0 spiro atoms. The van der Waals surface area contributed by atoms with Crippen LogP contribution >= 0.6 is 0 Å². The zero-order chi connectivity index (χ0) is 15.5. The molecule has 0 fully saturated rings. The van der Waals surface area contributed by atoms with E-state index < -0.39 is 0 Å². The molecule has 0 saturated carbocycles. The van der Waals surface area contributed by atoms with Gasteiger partial charge in [-0.1, -0.05) is 32.8 Å². The lowest BCUT2D eigenvalue weighted by Gasteiger charge is -2.22. The first kappa shape index (κ1) is 18.1. The van der Waals surface area contributed by atoms with E-state index in [1.54, 1.807) is 0 Å². The van der Waals surface area contributed by atoms with Gasteiger partial charge >= 0.3 is 0 Å². The van der Waals surface area contributed by atoms with Crippen molar-refractivity contribution in [2.45, 2.75) is 59.4 Å². The molecule has 0 aliphatic carbocycles. The van der Waals surface area contributed by atoms with Crippen molar-refractivity contribution in [1.82, 2.24) is 9.88 Å². The van der Waals surface area contributed by atoms with Gasteiger partial charge in [0.05, 0.1) is 5.69 Å². The van der Waals surface area contributed by atoms with Gasteiger partial charge in [0.1, 0.15) is 0 Å². The Morgan fingerprint density at radius 2 is 2.00 bits per heavy atom. The number of nitrogens with zero attached hydrogens (tertiary/aromatic N) is 2. The van der Waals surface area contributed by atoms with E-state index in [0.717, 1.165) is 37.8 Å². The van der Waals surface area contributed by atoms with Crippen LogP contribution in [-0.2, 0) is 6.54 Å². The summed E-state index contributed by atoms with van der Waals surface area (Å²) in [4.78, 5) is 7.10. The fourth-order valence-corrected chi connectivity index (χ4v) is 2.95. The third-order valence-electron chi connectivity index (χ3n) is 4.14. The second-order valence-electron chi connectivity index (χ2n) is 6.01. The lowest BCUT2D eigenvalue weighted by atomic mass is 9.94. The average Bonchev–Trinajstić information content (AvgIpc) is 2.46. The largest absolute Gasteiger partial charge is 0.330 e. The molecule has 0 saturated heterocycles. The van der Waals surface area contributed by atoms with Gasteiger partial charge in [-0.3, -0.25) is 9.88 Å². The molecule has 1 unspecified atom stereocenters. The van der Waals surface area contributed by atoms with Crippen LogP contribution in [0.5, 0.6) is 0 Å². The molecule has 1 heterocycles. The highest BCUT2D eigenvalue weighted by Crippen LogP contribution is 2.17. The van der Waals surface area contributed by atoms with Gasteiger partial charge in [-0.15, -0.1) is 0 Å². The zero-order valence-corrected chi connectivity index (χ0v) is 14.1. The topological polar surface area (TPSA) is 42.1 Å². The molecule has 21 heavy (non-hydrogen) atoms. The Hall–Kier alpha value is -0.930. The summed E-state index contributed by atoms with van der Waals surface area (Å²) in [7, 11) is 0. The summed E-state index contributed by atoms with van der Waals surface area (Å²) in [5.74, 6) is 0.816. The van der Waals surface area contributed by atoms with Crippen molar-refractivity contribution in [2.75, 3.05) is 19.6 Å². The number of hydrogen-bond acceptors (Lipinski definition) is 3. The third kappa shape index (κ3) is 7.58. The van der Waals surface area contributed by atoms with E-state index in [0.29, 0.717) is 0 Å². The lowest BCUT2D eigenvalue weighted by Crippen LogP contribution is -2.25. The molecule has 0 amide bonds. The summed E-state index contributed by atoms with van der Waals surface area (Å²) in [5, 5.41) is 0. The maximum atomic E-state index is 5.72. The highest BCUT2D eigenvalue weighted by molar-refractivity contribution is 5.09. The molecule has 1 atom stereocenters. The molecule has 120 valence electrons. The van der Waals surface area contributed by atoms with E-state index in [1.807, 2.05) is 0 Å². The Balaban J connectivity index is 2.36. The van der Waals surface area contributed by atoms with Gasteiger partial charge < -0.3 is 5.73 Å². The maximum absolute atomic E-state index is 5.72. The summed E-state index contributed by atoms with van der Waals surface area (Å²) in [6.07, 6.45) is 6.35. The Labute approximate surface area is 130 Å². The fraction of sp³-hybridized carbons (Fsp3) is 0.722. The molecule has 0 aliphatic heterocycles. The summed E-state index contributed by atoms with van der Waals surface area (Å²) >= 11 is 0. The Kier molecular flexibility index (Phi) is 9.27. The summed E-state index contributed by atoms with van der Waals surface area (Å²) < 4.78 is 0. The minimum Gasteiger partial charge on any atom is -0.330 e. The molecule has 0 bridgehead atoms. The number of rotatable bonds is 11. The number of hydrogen-bond donors (Lipinski definition) is 1.